The molecule has 0 amide bonds. The number of hydrogen-bond acceptors (Lipinski definition) is 0. The molecule has 1 aromatic carbocycles. The van der Waals surface area contributed by atoms with E-state index in [1.165, 1.54) is 5.56 Å². The van der Waals surface area contributed by atoms with Crippen LogP contribution in [0.1, 0.15) is 44.7 Å². The van der Waals surface area contributed by atoms with E-state index < -0.39 is 13.7 Å². The first-order chi connectivity index (χ1) is 8.51. The summed E-state index contributed by atoms with van der Waals surface area (Å²) in [6, 6.07) is 7.89. The van der Waals surface area contributed by atoms with E-state index in [-0.39, 0.29) is 11.8 Å². The van der Waals surface area contributed by atoms with Crippen LogP contribution in [0.25, 0.3) is 0 Å². The van der Waals surface area contributed by atoms with Gasteiger partial charge in [0.1, 0.15) is 0 Å². The van der Waals surface area contributed by atoms with Gasteiger partial charge in [0.15, 0.2) is 0 Å². The van der Waals surface area contributed by atoms with E-state index in [9.17, 15) is 12.6 Å². The summed E-state index contributed by atoms with van der Waals surface area (Å²) in [5.74, 6) is 0. The first kappa shape index (κ1) is 16.5. The predicted octanol–water partition coefficient (Wildman–Crippen LogP) is 6.14. The molecule has 1 rings (SSSR count). The summed E-state index contributed by atoms with van der Waals surface area (Å²) >= 11 is 0. The third-order valence-electron chi connectivity index (χ3n) is 3.71. The van der Waals surface area contributed by atoms with E-state index in [0.717, 1.165) is 12.0 Å². The Morgan fingerprint density at radius 3 is 2.21 bits per heavy atom. The molecule has 0 aromatic heterocycles. The Morgan fingerprint density at radius 2 is 1.68 bits per heavy atom. The molecule has 0 aliphatic heterocycles. The Balaban J connectivity index is 2.80. The van der Waals surface area contributed by atoms with Crippen molar-refractivity contribution in [2.24, 2.45) is 0 Å². The molecule has 0 N–H and O–H groups in total. The summed E-state index contributed by atoms with van der Waals surface area (Å²) in [5.41, 5.74) is 2.27. The second-order valence-electron chi connectivity index (χ2n) is 6.10. The van der Waals surface area contributed by atoms with Crippen molar-refractivity contribution in [1.82, 2.24) is 0 Å². The van der Waals surface area contributed by atoms with Crippen LogP contribution in [-0.2, 0) is 11.8 Å². The van der Waals surface area contributed by atoms with Gasteiger partial charge in [0.05, 0.1) is 0 Å². The fourth-order valence-corrected chi connectivity index (χ4v) is 3.03. The molecule has 0 nitrogen and oxygen atoms in total. The molecular weight excluding hydrogens is 268 g/mol. The standard InChI is InChI=1S/C15H24F3P/c1-5-15(2,3)14-11-7-6-9-13(14)10-8-12-19(4,16,17)18/h6-7,9,11H,5,8,10,12H2,1-4H3. The SMILES string of the molecule is CCC(C)(C)c1ccccc1CCCP(C)(F)(F)F. The van der Waals surface area contributed by atoms with Crippen LogP contribution in [0.4, 0.5) is 12.6 Å². The Bertz CT molecular complexity index is 423. The summed E-state index contributed by atoms with van der Waals surface area (Å²) < 4.78 is 38.9. The normalized spacial score (nSPS) is 15.0. The van der Waals surface area contributed by atoms with Gasteiger partial charge in [0, 0.05) is 0 Å². The van der Waals surface area contributed by atoms with Crippen molar-refractivity contribution in [2.45, 2.75) is 45.4 Å². The van der Waals surface area contributed by atoms with Gasteiger partial charge < -0.3 is 0 Å². The molecule has 0 radical (unpaired) electrons. The Kier molecular flexibility index (Phi) is 4.72. The maximum absolute atomic E-state index is 13.0. The zero-order valence-corrected chi connectivity index (χ0v) is 13.1. The number of hydrogen-bond donors (Lipinski definition) is 0. The molecule has 0 aliphatic rings. The second kappa shape index (κ2) is 5.44. The van der Waals surface area contributed by atoms with Gasteiger partial charge in [-0.3, -0.25) is 0 Å². The van der Waals surface area contributed by atoms with Gasteiger partial charge >= 0.3 is 114 Å². The monoisotopic (exact) mass is 292 g/mol. The third kappa shape index (κ3) is 5.52. The predicted molar refractivity (Wildman–Crippen MR) is 79.1 cm³/mol. The van der Waals surface area contributed by atoms with Crippen LogP contribution in [0, 0.1) is 0 Å². The Labute approximate surface area is 114 Å². The van der Waals surface area contributed by atoms with Crippen molar-refractivity contribution in [1.29, 1.82) is 0 Å². The summed E-state index contributed by atoms with van der Waals surface area (Å²) in [6.07, 6.45) is 1.09. The van der Waals surface area contributed by atoms with Gasteiger partial charge in [-0.2, -0.15) is 0 Å². The number of benzene rings is 1. The van der Waals surface area contributed by atoms with Crippen LogP contribution in [-0.4, -0.2) is 12.8 Å². The molecule has 0 saturated carbocycles. The summed E-state index contributed by atoms with van der Waals surface area (Å²) in [7, 11) is -5.84. The van der Waals surface area contributed by atoms with Crippen molar-refractivity contribution in [3.8, 4) is 0 Å². The Hall–Kier alpha value is -0.560. The first-order valence-electron chi connectivity index (χ1n) is 6.76. The minimum atomic E-state index is -5.84. The molecule has 0 heterocycles. The molecule has 4 heteroatoms. The van der Waals surface area contributed by atoms with Crippen molar-refractivity contribution < 1.29 is 12.6 Å². The van der Waals surface area contributed by atoms with E-state index in [0.29, 0.717) is 13.1 Å². The van der Waals surface area contributed by atoms with E-state index in [2.05, 4.69) is 20.8 Å². The molecule has 0 saturated heterocycles. The molecule has 110 valence electrons. The molecule has 0 unspecified atom stereocenters. The van der Waals surface area contributed by atoms with Gasteiger partial charge in [-0.25, -0.2) is 0 Å². The summed E-state index contributed by atoms with van der Waals surface area (Å²) in [4.78, 5) is 0. The maximum atomic E-state index is 13.0. The van der Waals surface area contributed by atoms with Crippen molar-refractivity contribution >= 4 is 7.54 Å². The van der Waals surface area contributed by atoms with Crippen LogP contribution in [0.2, 0.25) is 0 Å². The van der Waals surface area contributed by atoms with E-state index in [4.69, 9.17) is 0 Å². The van der Waals surface area contributed by atoms with Crippen molar-refractivity contribution in [2.75, 3.05) is 12.8 Å². The molecular formula is C15H24F3P. The molecule has 0 aliphatic carbocycles. The molecule has 0 fully saturated rings. The number of aryl methyl sites for hydroxylation is 1. The van der Waals surface area contributed by atoms with Gasteiger partial charge in [0.25, 0.3) is 0 Å². The summed E-state index contributed by atoms with van der Waals surface area (Å²) in [5, 5.41) is 0. The minimum absolute atomic E-state index is 0.0233. The fraction of sp³-hybridized carbons (Fsp3) is 0.600. The average molecular weight is 292 g/mol. The molecule has 0 atom stereocenters. The topological polar surface area (TPSA) is 0 Å². The molecule has 19 heavy (non-hydrogen) atoms. The third-order valence-corrected chi connectivity index (χ3v) is 4.98. The number of halogens is 3. The van der Waals surface area contributed by atoms with Gasteiger partial charge in [-0.15, -0.1) is 0 Å². The van der Waals surface area contributed by atoms with Crippen LogP contribution < -0.4 is 0 Å². The summed E-state index contributed by atoms with van der Waals surface area (Å²) in [6.45, 7) is 6.88. The van der Waals surface area contributed by atoms with Gasteiger partial charge in [-0.05, 0) is 0 Å². The Morgan fingerprint density at radius 1 is 1.11 bits per heavy atom. The van der Waals surface area contributed by atoms with E-state index in [1.54, 1.807) is 0 Å². The zero-order chi connectivity index (χ0) is 14.8. The fourth-order valence-electron chi connectivity index (χ4n) is 2.20. The second-order valence-corrected chi connectivity index (χ2v) is 9.29. The zero-order valence-electron chi connectivity index (χ0n) is 12.2. The number of rotatable bonds is 6. The van der Waals surface area contributed by atoms with Crippen LogP contribution in [0.3, 0.4) is 0 Å². The van der Waals surface area contributed by atoms with Crippen LogP contribution in [0.15, 0.2) is 24.3 Å². The van der Waals surface area contributed by atoms with Crippen LogP contribution >= 0.6 is 7.54 Å². The van der Waals surface area contributed by atoms with E-state index >= 15 is 0 Å². The van der Waals surface area contributed by atoms with Gasteiger partial charge in [0.2, 0.25) is 0 Å². The van der Waals surface area contributed by atoms with Crippen molar-refractivity contribution in [3.63, 3.8) is 0 Å². The van der Waals surface area contributed by atoms with Gasteiger partial charge in [-0.1, -0.05) is 0 Å². The molecule has 1 aromatic rings. The first-order valence-corrected chi connectivity index (χ1v) is 9.30. The molecule has 0 spiro atoms. The van der Waals surface area contributed by atoms with E-state index in [1.807, 2.05) is 24.3 Å². The van der Waals surface area contributed by atoms with Crippen molar-refractivity contribution in [3.05, 3.63) is 35.4 Å². The average Bonchev–Trinajstić information content (AvgIpc) is 2.27. The molecule has 0 bridgehead atoms. The van der Waals surface area contributed by atoms with Crippen LogP contribution in [0.5, 0.6) is 0 Å². The quantitative estimate of drug-likeness (QED) is 0.552.